The number of hydrogen-bond donors (Lipinski definition) is 2. The van der Waals surface area contributed by atoms with Crippen molar-refractivity contribution in [2.75, 3.05) is 20.3 Å². The van der Waals surface area contributed by atoms with Gasteiger partial charge in [-0.05, 0) is 44.9 Å². The van der Waals surface area contributed by atoms with E-state index in [1.165, 1.54) is 0 Å². The highest BCUT2D eigenvalue weighted by atomic mass is 16.5. The van der Waals surface area contributed by atoms with E-state index in [9.17, 15) is 9.90 Å². The zero-order valence-corrected chi connectivity index (χ0v) is 13.2. The summed E-state index contributed by atoms with van der Waals surface area (Å²) in [5.74, 6) is -0.262. The highest BCUT2D eigenvalue weighted by molar-refractivity contribution is 5.78. The van der Waals surface area contributed by atoms with E-state index in [1.807, 2.05) is 38.1 Å². The van der Waals surface area contributed by atoms with Crippen molar-refractivity contribution in [3.05, 3.63) is 29.8 Å². The lowest BCUT2D eigenvalue weighted by atomic mass is 10.0. The molecule has 0 aliphatic carbocycles. The van der Waals surface area contributed by atoms with Crippen LogP contribution >= 0.6 is 0 Å². The standard InChI is InChI=1S/C16H25NO4/c1-12(2)17-16(3,15(18)19)11-21-14-7-5-13(6-8-14)9-10-20-4/h5-8,12,17H,9-11H2,1-4H3,(H,18,19). The Balaban J connectivity index is 2.61. The van der Waals surface area contributed by atoms with E-state index in [0.717, 1.165) is 12.0 Å². The van der Waals surface area contributed by atoms with Gasteiger partial charge in [0.1, 0.15) is 17.9 Å². The monoisotopic (exact) mass is 295 g/mol. The van der Waals surface area contributed by atoms with Crippen molar-refractivity contribution < 1.29 is 19.4 Å². The van der Waals surface area contributed by atoms with Crippen LogP contribution in [-0.4, -0.2) is 43.0 Å². The van der Waals surface area contributed by atoms with Crippen molar-refractivity contribution in [1.82, 2.24) is 5.32 Å². The topological polar surface area (TPSA) is 67.8 Å². The number of rotatable bonds is 9. The van der Waals surface area contributed by atoms with Gasteiger partial charge in [0.05, 0.1) is 6.61 Å². The van der Waals surface area contributed by atoms with Crippen LogP contribution in [-0.2, 0) is 16.0 Å². The minimum Gasteiger partial charge on any atom is -0.491 e. The number of aliphatic carboxylic acids is 1. The second-order valence-electron chi connectivity index (χ2n) is 5.61. The predicted octanol–water partition coefficient (Wildman–Crippen LogP) is 2.10. The van der Waals surface area contributed by atoms with Crippen molar-refractivity contribution in [3.63, 3.8) is 0 Å². The zero-order valence-electron chi connectivity index (χ0n) is 13.2. The summed E-state index contributed by atoms with van der Waals surface area (Å²) in [5, 5.41) is 12.4. The van der Waals surface area contributed by atoms with Crippen molar-refractivity contribution in [3.8, 4) is 5.75 Å². The molecule has 0 radical (unpaired) electrons. The fraction of sp³-hybridized carbons (Fsp3) is 0.562. The van der Waals surface area contributed by atoms with Crippen LogP contribution in [0.25, 0.3) is 0 Å². The van der Waals surface area contributed by atoms with Crippen LogP contribution in [0.15, 0.2) is 24.3 Å². The van der Waals surface area contributed by atoms with E-state index >= 15 is 0 Å². The van der Waals surface area contributed by atoms with Gasteiger partial charge in [0.15, 0.2) is 0 Å². The molecule has 0 heterocycles. The molecule has 1 rings (SSSR count). The Labute approximate surface area is 126 Å². The fourth-order valence-electron chi connectivity index (χ4n) is 2.00. The molecule has 1 unspecified atom stereocenters. The molecule has 5 heteroatoms. The first-order valence-corrected chi connectivity index (χ1v) is 7.09. The van der Waals surface area contributed by atoms with Crippen LogP contribution in [0.3, 0.4) is 0 Å². The van der Waals surface area contributed by atoms with Crippen molar-refractivity contribution >= 4 is 5.97 Å². The molecular formula is C16H25NO4. The lowest BCUT2D eigenvalue weighted by molar-refractivity contribution is -0.145. The van der Waals surface area contributed by atoms with E-state index in [2.05, 4.69) is 5.32 Å². The second kappa shape index (κ2) is 8.00. The predicted molar refractivity (Wildman–Crippen MR) is 81.8 cm³/mol. The van der Waals surface area contributed by atoms with Gasteiger partial charge >= 0.3 is 5.97 Å². The van der Waals surface area contributed by atoms with Crippen LogP contribution in [0.1, 0.15) is 26.3 Å². The Bertz CT molecular complexity index is 444. The van der Waals surface area contributed by atoms with E-state index in [4.69, 9.17) is 9.47 Å². The summed E-state index contributed by atoms with van der Waals surface area (Å²) in [6.45, 7) is 6.19. The first kappa shape index (κ1) is 17.5. The van der Waals surface area contributed by atoms with Crippen LogP contribution in [0, 0.1) is 0 Å². The highest BCUT2D eigenvalue weighted by Gasteiger charge is 2.34. The largest absolute Gasteiger partial charge is 0.491 e. The molecule has 0 aromatic heterocycles. The van der Waals surface area contributed by atoms with Gasteiger partial charge in [0, 0.05) is 13.2 Å². The minimum atomic E-state index is -1.11. The quantitative estimate of drug-likeness (QED) is 0.730. The number of carbonyl (C=O) groups is 1. The lowest BCUT2D eigenvalue weighted by Crippen LogP contribution is -2.56. The Morgan fingerprint density at radius 2 is 1.95 bits per heavy atom. The fourth-order valence-corrected chi connectivity index (χ4v) is 2.00. The number of hydrogen-bond acceptors (Lipinski definition) is 4. The van der Waals surface area contributed by atoms with Crippen molar-refractivity contribution in [1.29, 1.82) is 0 Å². The number of carboxylic acid groups (broad SMARTS) is 1. The van der Waals surface area contributed by atoms with Gasteiger partial charge in [-0.2, -0.15) is 0 Å². The van der Waals surface area contributed by atoms with Crippen LogP contribution < -0.4 is 10.1 Å². The third-order valence-corrected chi connectivity index (χ3v) is 3.12. The number of ether oxygens (including phenoxy) is 2. The van der Waals surface area contributed by atoms with Gasteiger partial charge in [0.25, 0.3) is 0 Å². The molecule has 1 aromatic carbocycles. The van der Waals surface area contributed by atoms with Crippen molar-refractivity contribution in [2.24, 2.45) is 0 Å². The highest BCUT2D eigenvalue weighted by Crippen LogP contribution is 2.15. The maximum atomic E-state index is 11.4. The number of carboxylic acids is 1. The van der Waals surface area contributed by atoms with Gasteiger partial charge in [-0.25, -0.2) is 0 Å². The summed E-state index contributed by atoms with van der Waals surface area (Å²) in [4.78, 5) is 11.4. The molecule has 0 aliphatic rings. The molecule has 1 aromatic rings. The molecule has 1 atom stereocenters. The average molecular weight is 295 g/mol. The molecule has 118 valence electrons. The van der Waals surface area contributed by atoms with E-state index in [-0.39, 0.29) is 12.6 Å². The molecule has 0 saturated carbocycles. The van der Waals surface area contributed by atoms with E-state index in [1.54, 1.807) is 14.0 Å². The Morgan fingerprint density at radius 3 is 2.43 bits per heavy atom. The van der Waals surface area contributed by atoms with Gasteiger partial charge in [-0.1, -0.05) is 12.1 Å². The maximum Gasteiger partial charge on any atom is 0.327 e. The number of methoxy groups -OCH3 is 1. The third kappa shape index (κ3) is 5.73. The molecular weight excluding hydrogens is 270 g/mol. The third-order valence-electron chi connectivity index (χ3n) is 3.12. The molecule has 0 bridgehead atoms. The van der Waals surface area contributed by atoms with Gasteiger partial charge < -0.3 is 14.6 Å². The summed E-state index contributed by atoms with van der Waals surface area (Å²) in [6.07, 6.45) is 0.846. The maximum absolute atomic E-state index is 11.4. The molecule has 2 N–H and O–H groups in total. The van der Waals surface area contributed by atoms with Crippen LogP contribution in [0.5, 0.6) is 5.75 Å². The molecule has 21 heavy (non-hydrogen) atoms. The molecule has 5 nitrogen and oxygen atoms in total. The molecule has 0 aliphatic heterocycles. The SMILES string of the molecule is COCCc1ccc(OCC(C)(NC(C)C)C(=O)O)cc1. The smallest absolute Gasteiger partial charge is 0.327 e. The Kier molecular flexibility index (Phi) is 6.65. The van der Waals surface area contributed by atoms with Crippen molar-refractivity contribution in [2.45, 2.75) is 38.8 Å². The first-order valence-electron chi connectivity index (χ1n) is 7.09. The average Bonchev–Trinajstić information content (AvgIpc) is 2.43. The van der Waals surface area contributed by atoms with E-state index < -0.39 is 11.5 Å². The first-order chi connectivity index (χ1) is 9.87. The number of benzene rings is 1. The zero-order chi connectivity index (χ0) is 15.9. The summed E-state index contributed by atoms with van der Waals surface area (Å²) in [6, 6.07) is 7.68. The number of nitrogens with one attached hydrogen (secondary N) is 1. The Morgan fingerprint density at radius 1 is 1.33 bits per heavy atom. The van der Waals surface area contributed by atoms with E-state index in [0.29, 0.717) is 12.4 Å². The second-order valence-corrected chi connectivity index (χ2v) is 5.61. The lowest BCUT2D eigenvalue weighted by Gasteiger charge is -2.28. The molecule has 0 amide bonds. The molecule has 0 saturated heterocycles. The molecule has 0 spiro atoms. The summed E-state index contributed by atoms with van der Waals surface area (Å²) in [5.41, 5.74) is 0.0496. The van der Waals surface area contributed by atoms with Crippen LogP contribution in [0.4, 0.5) is 0 Å². The van der Waals surface area contributed by atoms with Gasteiger partial charge in [-0.15, -0.1) is 0 Å². The molecule has 0 fully saturated rings. The normalized spacial score (nSPS) is 14.0. The summed E-state index contributed by atoms with van der Waals surface area (Å²) in [7, 11) is 1.67. The summed E-state index contributed by atoms with van der Waals surface area (Å²) >= 11 is 0. The van der Waals surface area contributed by atoms with Gasteiger partial charge in [-0.3, -0.25) is 10.1 Å². The minimum absolute atomic E-state index is 0.0612. The van der Waals surface area contributed by atoms with Crippen LogP contribution in [0.2, 0.25) is 0 Å². The summed E-state index contributed by atoms with van der Waals surface area (Å²) < 4.78 is 10.6. The Hall–Kier alpha value is -1.59. The van der Waals surface area contributed by atoms with Gasteiger partial charge in [0.2, 0.25) is 0 Å².